The highest BCUT2D eigenvalue weighted by molar-refractivity contribution is 7.18. The van der Waals surface area contributed by atoms with Crippen molar-refractivity contribution >= 4 is 27.3 Å². The standard InChI is InChI=1S/C15H12N2OS/c18-12(8-11-4-3-7-16-10-11)9-15-17-13-5-1-2-6-14(13)19-15/h1-7,10H,8-9H2. The van der Waals surface area contributed by atoms with Crippen LogP contribution in [0.25, 0.3) is 10.2 Å². The molecule has 0 saturated carbocycles. The lowest BCUT2D eigenvalue weighted by Gasteiger charge is -1.98. The van der Waals surface area contributed by atoms with Gasteiger partial charge in [0.15, 0.2) is 0 Å². The molecule has 0 aliphatic rings. The van der Waals surface area contributed by atoms with Crippen LogP contribution < -0.4 is 0 Å². The van der Waals surface area contributed by atoms with E-state index >= 15 is 0 Å². The number of thiazole rings is 1. The minimum absolute atomic E-state index is 0.173. The summed E-state index contributed by atoms with van der Waals surface area (Å²) in [7, 11) is 0. The van der Waals surface area contributed by atoms with Crippen LogP contribution >= 0.6 is 11.3 Å². The van der Waals surface area contributed by atoms with Gasteiger partial charge in [-0.1, -0.05) is 18.2 Å². The van der Waals surface area contributed by atoms with Crippen LogP contribution in [0.15, 0.2) is 48.8 Å². The number of nitrogens with zero attached hydrogens (tertiary/aromatic N) is 2. The maximum atomic E-state index is 12.0. The number of benzene rings is 1. The fraction of sp³-hybridized carbons (Fsp3) is 0.133. The van der Waals surface area contributed by atoms with Gasteiger partial charge in [-0.3, -0.25) is 9.78 Å². The molecule has 3 nitrogen and oxygen atoms in total. The molecule has 0 unspecified atom stereocenters. The molecule has 0 fully saturated rings. The van der Waals surface area contributed by atoms with Gasteiger partial charge in [-0.2, -0.15) is 0 Å². The van der Waals surface area contributed by atoms with Gasteiger partial charge >= 0.3 is 0 Å². The molecule has 94 valence electrons. The summed E-state index contributed by atoms with van der Waals surface area (Å²) in [6, 6.07) is 11.7. The number of hydrogen-bond acceptors (Lipinski definition) is 4. The Kier molecular flexibility index (Phi) is 3.33. The molecule has 0 aliphatic heterocycles. The molecule has 0 bridgehead atoms. The molecule has 4 heteroatoms. The highest BCUT2D eigenvalue weighted by atomic mass is 32.1. The fourth-order valence-electron chi connectivity index (χ4n) is 1.96. The normalized spacial score (nSPS) is 10.7. The minimum Gasteiger partial charge on any atom is -0.299 e. The Balaban J connectivity index is 1.72. The summed E-state index contributed by atoms with van der Waals surface area (Å²) in [5.41, 5.74) is 1.92. The predicted molar refractivity (Wildman–Crippen MR) is 76.3 cm³/mol. The maximum absolute atomic E-state index is 12.0. The zero-order valence-electron chi connectivity index (χ0n) is 10.2. The Morgan fingerprint density at radius 2 is 2.00 bits per heavy atom. The summed E-state index contributed by atoms with van der Waals surface area (Å²) in [5, 5.41) is 0.884. The first kappa shape index (κ1) is 12.0. The fourth-order valence-corrected chi connectivity index (χ4v) is 2.95. The Morgan fingerprint density at radius 3 is 2.79 bits per heavy atom. The number of Topliss-reactive ketones (excluding diaryl/α,β-unsaturated/α-hetero) is 1. The van der Waals surface area contributed by atoms with Crippen molar-refractivity contribution in [2.45, 2.75) is 12.8 Å². The van der Waals surface area contributed by atoms with Gasteiger partial charge in [-0.15, -0.1) is 11.3 Å². The molecule has 0 N–H and O–H groups in total. The van der Waals surface area contributed by atoms with Gasteiger partial charge in [0, 0.05) is 18.8 Å². The van der Waals surface area contributed by atoms with Crippen LogP contribution in [-0.4, -0.2) is 15.8 Å². The molecule has 2 heterocycles. The van der Waals surface area contributed by atoms with Gasteiger partial charge in [-0.25, -0.2) is 4.98 Å². The van der Waals surface area contributed by atoms with Crippen LogP contribution in [0.4, 0.5) is 0 Å². The van der Waals surface area contributed by atoms with Crippen LogP contribution in [0.1, 0.15) is 10.6 Å². The number of hydrogen-bond donors (Lipinski definition) is 0. The zero-order valence-corrected chi connectivity index (χ0v) is 11.1. The summed E-state index contributed by atoms with van der Waals surface area (Å²) >= 11 is 1.59. The van der Waals surface area contributed by atoms with Crippen molar-refractivity contribution < 1.29 is 4.79 Å². The third kappa shape index (κ3) is 2.85. The van der Waals surface area contributed by atoms with E-state index in [4.69, 9.17) is 0 Å². The third-order valence-corrected chi connectivity index (χ3v) is 3.85. The van der Waals surface area contributed by atoms with Crippen molar-refractivity contribution in [3.05, 3.63) is 59.4 Å². The summed E-state index contributed by atoms with van der Waals surface area (Å²) in [4.78, 5) is 20.5. The summed E-state index contributed by atoms with van der Waals surface area (Å²) in [6.45, 7) is 0. The second-order valence-electron chi connectivity index (χ2n) is 4.33. The second-order valence-corrected chi connectivity index (χ2v) is 5.44. The van der Waals surface area contributed by atoms with Crippen molar-refractivity contribution in [2.75, 3.05) is 0 Å². The average Bonchev–Trinajstić information content (AvgIpc) is 2.81. The maximum Gasteiger partial charge on any atom is 0.144 e. The highest BCUT2D eigenvalue weighted by Gasteiger charge is 2.09. The molecule has 2 aromatic heterocycles. The van der Waals surface area contributed by atoms with Crippen molar-refractivity contribution in [3.8, 4) is 0 Å². The first-order valence-electron chi connectivity index (χ1n) is 6.06. The lowest BCUT2D eigenvalue weighted by molar-refractivity contribution is -0.117. The quantitative estimate of drug-likeness (QED) is 0.730. The van der Waals surface area contributed by atoms with Crippen molar-refractivity contribution in [1.29, 1.82) is 0 Å². The molecular formula is C15H12N2OS. The molecule has 0 spiro atoms. The number of para-hydroxylation sites is 1. The number of pyridine rings is 1. The van der Waals surface area contributed by atoms with Gasteiger partial charge in [0.1, 0.15) is 10.8 Å². The molecule has 3 aromatic rings. The van der Waals surface area contributed by atoms with E-state index in [9.17, 15) is 4.79 Å². The van der Waals surface area contributed by atoms with Crippen molar-refractivity contribution in [2.24, 2.45) is 0 Å². The Labute approximate surface area is 115 Å². The smallest absolute Gasteiger partial charge is 0.144 e. The van der Waals surface area contributed by atoms with Gasteiger partial charge in [0.25, 0.3) is 0 Å². The predicted octanol–water partition coefficient (Wildman–Crippen LogP) is 3.05. The number of fused-ring (bicyclic) bond motifs is 1. The summed E-state index contributed by atoms with van der Waals surface area (Å²) in [6.07, 6.45) is 4.26. The van der Waals surface area contributed by atoms with E-state index in [1.807, 2.05) is 36.4 Å². The number of aromatic nitrogens is 2. The molecule has 0 atom stereocenters. The van der Waals surface area contributed by atoms with Crippen LogP contribution in [0.5, 0.6) is 0 Å². The van der Waals surface area contributed by atoms with Crippen LogP contribution in [0.2, 0.25) is 0 Å². The summed E-state index contributed by atoms with van der Waals surface area (Å²) < 4.78 is 1.13. The van der Waals surface area contributed by atoms with Crippen LogP contribution in [0.3, 0.4) is 0 Å². The Hall–Kier alpha value is -2.07. The highest BCUT2D eigenvalue weighted by Crippen LogP contribution is 2.22. The van der Waals surface area contributed by atoms with E-state index in [1.165, 1.54) is 0 Å². The topological polar surface area (TPSA) is 42.9 Å². The van der Waals surface area contributed by atoms with Crippen LogP contribution in [-0.2, 0) is 17.6 Å². The number of carbonyl (C=O) groups is 1. The van der Waals surface area contributed by atoms with E-state index in [0.717, 1.165) is 20.8 Å². The molecule has 0 radical (unpaired) electrons. The molecule has 1 aromatic carbocycles. The largest absolute Gasteiger partial charge is 0.299 e. The second kappa shape index (κ2) is 5.28. The van der Waals surface area contributed by atoms with Gasteiger partial charge in [0.05, 0.1) is 16.6 Å². The van der Waals surface area contributed by atoms with E-state index < -0.39 is 0 Å². The van der Waals surface area contributed by atoms with Crippen LogP contribution in [0, 0.1) is 0 Å². The average molecular weight is 268 g/mol. The molecule has 3 rings (SSSR count). The lowest BCUT2D eigenvalue weighted by Crippen LogP contribution is -2.06. The SMILES string of the molecule is O=C(Cc1cccnc1)Cc1nc2ccccc2s1. The zero-order chi connectivity index (χ0) is 13.1. The van der Waals surface area contributed by atoms with E-state index in [-0.39, 0.29) is 5.78 Å². The van der Waals surface area contributed by atoms with Gasteiger partial charge in [-0.05, 0) is 23.8 Å². The molecular weight excluding hydrogens is 256 g/mol. The van der Waals surface area contributed by atoms with E-state index in [0.29, 0.717) is 12.8 Å². The number of carbonyl (C=O) groups excluding carboxylic acids is 1. The molecule has 19 heavy (non-hydrogen) atoms. The molecule has 0 saturated heterocycles. The Morgan fingerprint density at radius 1 is 1.11 bits per heavy atom. The molecule has 0 aliphatic carbocycles. The molecule has 0 amide bonds. The number of rotatable bonds is 4. The minimum atomic E-state index is 0.173. The van der Waals surface area contributed by atoms with E-state index in [1.54, 1.807) is 23.7 Å². The Bertz CT molecular complexity index is 673. The summed E-state index contributed by atoms with van der Waals surface area (Å²) in [5.74, 6) is 0.173. The lowest BCUT2D eigenvalue weighted by atomic mass is 10.1. The first-order valence-corrected chi connectivity index (χ1v) is 6.88. The van der Waals surface area contributed by atoms with Gasteiger partial charge < -0.3 is 0 Å². The van der Waals surface area contributed by atoms with Crippen molar-refractivity contribution in [3.63, 3.8) is 0 Å². The first-order chi connectivity index (χ1) is 9.31. The van der Waals surface area contributed by atoms with Crippen molar-refractivity contribution in [1.82, 2.24) is 9.97 Å². The monoisotopic (exact) mass is 268 g/mol. The number of ketones is 1. The third-order valence-electron chi connectivity index (χ3n) is 2.81. The van der Waals surface area contributed by atoms with Gasteiger partial charge in [0.2, 0.25) is 0 Å². The van der Waals surface area contributed by atoms with E-state index in [2.05, 4.69) is 9.97 Å².